The highest BCUT2D eigenvalue weighted by atomic mass is 16.5. The van der Waals surface area contributed by atoms with E-state index in [0.717, 1.165) is 22.4 Å². The summed E-state index contributed by atoms with van der Waals surface area (Å²) in [6.45, 7) is 5.71. The fourth-order valence-corrected chi connectivity index (χ4v) is 2.54. The smallest absolute Gasteiger partial charge is 0.130 e. The van der Waals surface area contributed by atoms with Gasteiger partial charge in [0.1, 0.15) is 34.5 Å². The van der Waals surface area contributed by atoms with Crippen LogP contribution in [-0.2, 0) is 0 Å². The van der Waals surface area contributed by atoms with Crippen LogP contribution in [0.15, 0.2) is 54.6 Å². The zero-order valence-corrected chi connectivity index (χ0v) is 14.4. The minimum absolute atomic E-state index is 0.217. The molecule has 3 aromatic rings. The summed E-state index contributed by atoms with van der Waals surface area (Å²) in [5.74, 6) is 3.25. The van der Waals surface area contributed by atoms with Gasteiger partial charge in [-0.05, 0) is 92.1 Å². The highest BCUT2D eigenvalue weighted by Gasteiger charge is 2.08. The molecule has 0 heterocycles. The predicted molar refractivity (Wildman–Crippen MR) is 97.0 cm³/mol. The van der Waals surface area contributed by atoms with Gasteiger partial charge in [-0.25, -0.2) is 0 Å². The fraction of sp³-hybridized carbons (Fsp3) is 0.143. The molecule has 3 rings (SSSR count). The van der Waals surface area contributed by atoms with E-state index in [1.54, 1.807) is 36.4 Å². The summed E-state index contributed by atoms with van der Waals surface area (Å²) in [6, 6.07) is 15.6. The highest BCUT2D eigenvalue weighted by Crippen LogP contribution is 2.33. The van der Waals surface area contributed by atoms with Crippen molar-refractivity contribution in [2.75, 3.05) is 0 Å². The van der Waals surface area contributed by atoms with Gasteiger partial charge in [-0.15, -0.1) is 0 Å². The third-order valence-electron chi connectivity index (χ3n) is 3.91. The second-order valence-corrected chi connectivity index (χ2v) is 6.03. The molecule has 0 aliphatic rings. The van der Waals surface area contributed by atoms with Crippen molar-refractivity contribution in [2.24, 2.45) is 0 Å². The quantitative estimate of drug-likeness (QED) is 0.650. The minimum atomic E-state index is 0.217. The van der Waals surface area contributed by atoms with Gasteiger partial charge in [-0.2, -0.15) is 0 Å². The second-order valence-electron chi connectivity index (χ2n) is 6.03. The molecule has 4 heteroatoms. The van der Waals surface area contributed by atoms with Crippen LogP contribution in [-0.4, -0.2) is 10.2 Å². The maximum absolute atomic E-state index is 9.49. The third kappa shape index (κ3) is 3.86. The highest BCUT2D eigenvalue weighted by molar-refractivity contribution is 5.47. The van der Waals surface area contributed by atoms with E-state index in [1.807, 2.05) is 39.0 Å². The number of hydrogen-bond donors (Lipinski definition) is 2. The molecule has 0 fully saturated rings. The first-order valence-corrected chi connectivity index (χ1v) is 7.98. The summed E-state index contributed by atoms with van der Waals surface area (Å²) in [5, 5.41) is 19.0. The monoisotopic (exact) mass is 336 g/mol. The number of hydrogen-bond acceptors (Lipinski definition) is 4. The summed E-state index contributed by atoms with van der Waals surface area (Å²) in [4.78, 5) is 0. The lowest BCUT2D eigenvalue weighted by Gasteiger charge is -2.14. The van der Waals surface area contributed by atoms with Crippen LogP contribution in [0.4, 0.5) is 0 Å². The van der Waals surface area contributed by atoms with E-state index in [2.05, 4.69) is 0 Å². The number of aryl methyl sites for hydroxylation is 3. The van der Waals surface area contributed by atoms with E-state index >= 15 is 0 Å². The summed E-state index contributed by atoms with van der Waals surface area (Å²) in [5.41, 5.74) is 2.65. The Labute approximate surface area is 146 Å². The Bertz CT molecular complexity index is 916. The van der Waals surface area contributed by atoms with Crippen LogP contribution in [0.25, 0.3) is 0 Å². The third-order valence-corrected chi connectivity index (χ3v) is 3.91. The molecule has 4 nitrogen and oxygen atoms in total. The summed E-state index contributed by atoms with van der Waals surface area (Å²) >= 11 is 0. The van der Waals surface area contributed by atoms with E-state index in [1.165, 1.54) is 0 Å². The van der Waals surface area contributed by atoms with Crippen LogP contribution < -0.4 is 9.47 Å². The van der Waals surface area contributed by atoms with E-state index in [0.29, 0.717) is 17.2 Å². The van der Waals surface area contributed by atoms with Crippen molar-refractivity contribution in [3.63, 3.8) is 0 Å². The number of aromatic hydroxyl groups is 2. The van der Waals surface area contributed by atoms with E-state index < -0.39 is 0 Å². The fourth-order valence-electron chi connectivity index (χ4n) is 2.54. The Hall–Kier alpha value is -3.14. The average Bonchev–Trinajstić information content (AvgIpc) is 2.55. The first-order valence-electron chi connectivity index (χ1n) is 7.98. The number of phenols is 2. The van der Waals surface area contributed by atoms with Gasteiger partial charge >= 0.3 is 0 Å². The topological polar surface area (TPSA) is 58.9 Å². The molecular formula is C21H20O4. The van der Waals surface area contributed by atoms with Gasteiger partial charge in [0, 0.05) is 0 Å². The Morgan fingerprint density at radius 1 is 0.560 bits per heavy atom. The molecule has 0 aromatic heterocycles. The van der Waals surface area contributed by atoms with Gasteiger partial charge in [-0.1, -0.05) is 0 Å². The average molecular weight is 336 g/mol. The van der Waals surface area contributed by atoms with Gasteiger partial charge in [-0.3, -0.25) is 0 Å². The van der Waals surface area contributed by atoms with Crippen LogP contribution in [0.3, 0.4) is 0 Å². The Morgan fingerprint density at radius 3 is 1.48 bits per heavy atom. The molecule has 0 saturated carbocycles. The normalized spacial score (nSPS) is 10.5. The molecule has 128 valence electrons. The van der Waals surface area contributed by atoms with Crippen molar-refractivity contribution in [3.8, 4) is 34.5 Å². The molecule has 0 atom stereocenters. The lowest BCUT2D eigenvalue weighted by molar-refractivity contribution is 0.453. The van der Waals surface area contributed by atoms with Crippen LogP contribution in [0.1, 0.15) is 16.7 Å². The maximum atomic E-state index is 9.49. The van der Waals surface area contributed by atoms with Crippen LogP contribution >= 0.6 is 0 Å². The SMILES string of the molecule is Cc1cc(O)ccc1Oc1ccc(Oc2ccc(O)cc2C)c(C)c1. The number of benzene rings is 3. The van der Waals surface area contributed by atoms with Crippen LogP contribution in [0, 0.1) is 20.8 Å². The first kappa shape index (κ1) is 16.7. The standard InChI is InChI=1S/C21H20O4/c1-13-10-16(22)4-7-19(13)24-18-6-9-21(15(3)12-18)25-20-8-5-17(23)11-14(20)2/h4-12,22-23H,1-3H3. The van der Waals surface area contributed by atoms with Crippen molar-refractivity contribution < 1.29 is 19.7 Å². The molecule has 0 radical (unpaired) electrons. The largest absolute Gasteiger partial charge is 0.508 e. The Balaban J connectivity index is 1.80. The zero-order valence-electron chi connectivity index (χ0n) is 14.4. The van der Waals surface area contributed by atoms with Gasteiger partial charge in [0.25, 0.3) is 0 Å². The van der Waals surface area contributed by atoms with Crippen molar-refractivity contribution in [1.29, 1.82) is 0 Å². The molecule has 0 aliphatic carbocycles. The summed E-state index contributed by atoms with van der Waals surface area (Å²) in [6.07, 6.45) is 0. The Morgan fingerprint density at radius 2 is 1.00 bits per heavy atom. The summed E-state index contributed by atoms with van der Waals surface area (Å²) < 4.78 is 11.8. The second kappa shape index (κ2) is 6.77. The molecular weight excluding hydrogens is 316 g/mol. The van der Waals surface area contributed by atoms with Crippen molar-refractivity contribution in [1.82, 2.24) is 0 Å². The first-order chi connectivity index (χ1) is 11.9. The number of phenolic OH excluding ortho intramolecular Hbond substituents is 2. The van der Waals surface area contributed by atoms with E-state index in [9.17, 15) is 10.2 Å². The maximum Gasteiger partial charge on any atom is 0.130 e. The molecule has 0 unspecified atom stereocenters. The minimum Gasteiger partial charge on any atom is -0.508 e. The van der Waals surface area contributed by atoms with E-state index in [-0.39, 0.29) is 11.5 Å². The van der Waals surface area contributed by atoms with Crippen LogP contribution in [0.5, 0.6) is 34.5 Å². The molecule has 0 saturated heterocycles. The van der Waals surface area contributed by atoms with Crippen molar-refractivity contribution in [3.05, 3.63) is 71.3 Å². The van der Waals surface area contributed by atoms with Crippen molar-refractivity contribution >= 4 is 0 Å². The molecule has 2 N–H and O–H groups in total. The summed E-state index contributed by atoms with van der Waals surface area (Å²) in [7, 11) is 0. The lowest BCUT2D eigenvalue weighted by atomic mass is 10.2. The zero-order chi connectivity index (χ0) is 18.0. The predicted octanol–water partition coefficient (Wildman–Crippen LogP) is 5.61. The van der Waals surface area contributed by atoms with Gasteiger partial charge < -0.3 is 19.7 Å². The molecule has 0 aliphatic heterocycles. The van der Waals surface area contributed by atoms with Crippen molar-refractivity contribution in [2.45, 2.75) is 20.8 Å². The Kier molecular flexibility index (Phi) is 4.52. The van der Waals surface area contributed by atoms with Crippen LogP contribution in [0.2, 0.25) is 0 Å². The number of rotatable bonds is 4. The lowest BCUT2D eigenvalue weighted by Crippen LogP contribution is -1.92. The number of ether oxygens (including phenoxy) is 2. The molecule has 25 heavy (non-hydrogen) atoms. The van der Waals surface area contributed by atoms with E-state index in [4.69, 9.17) is 9.47 Å². The van der Waals surface area contributed by atoms with Gasteiger partial charge in [0.05, 0.1) is 0 Å². The molecule has 3 aromatic carbocycles. The molecule has 0 amide bonds. The molecule has 0 bridgehead atoms. The van der Waals surface area contributed by atoms with Gasteiger partial charge in [0.15, 0.2) is 0 Å². The molecule has 0 spiro atoms. The van der Waals surface area contributed by atoms with Gasteiger partial charge in [0.2, 0.25) is 0 Å².